The van der Waals surface area contributed by atoms with E-state index in [4.69, 9.17) is 4.74 Å². The number of non-ortho nitro benzene ring substituents is 1. The number of nitrogens with one attached hydrogen (secondary N) is 1. The summed E-state index contributed by atoms with van der Waals surface area (Å²) >= 11 is 0. The minimum atomic E-state index is -0.484. The number of nitro groups is 1. The normalized spacial score (nSPS) is 10.9. The molecule has 174 valence electrons. The minimum Gasteiger partial charge on any atom is -0.477 e. The summed E-state index contributed by atoms with van der Waals surface area (Å²) in [4.78, 5) is 44.3. The zero-order valence-electron chi connectivity index (χ0n) is 18.2. The van der Waals surface area contributed by atoms with Crippen LogP contribution in [0.2, 0.25) is 0 Å². The Balaban J connectivity index is 1.46. The maximum Gasteiger partial charge on any atom is 0.269 e. The first-order valence-corrected chi connectivity index (χ1v) is 10.5. The highest BCUT2D eigenvalue weighted by Crippen LogP contribution is 2.15. The Labute approximate surface area is 193 Å². The molecule has 0 bridgehead atoms. The van der Waals surface area contributed by atoms with Gasteiger partial charge in [0.2, 0.25) is 5.88 Å². The molecule has 0 spiro atoms. The Bertz CT molecular complexity index is 1410. The predicted octanol–water partition coefficient (Wildman–Crippen LogP) is 1.77. The van der Waals surface area contributed by atoms with Crippen molar-refractivity contribution in [2.45, 2.75) is 20.0 Å². The molecule has 0 radical (unpaired) electrons. The quantitative estimate of drug-likeness (QED) is 0.292. The van der Waals surface area contributed by atoms with E-state index < -0.39 is 4.92 Å². The third-order valence-corrected chi connectivity index (χ3v) is 5.00. The summed E-state index contributed by atoms with van der Waals surface area (Å²) in [7, 11) is 0. The lowest BCUT2D eigenvalue weighted by molar-refractivity contribution is -0.384. The van der Waals surface area contributed by atoms with Gasteiger partial charge in [-0.25, -0.2) is 14.6 Å². The van der Waals surface area contributed by atoms with Crippen LogP contribution < -0.4 is 15.6 Å². The van der Waals surface area contributed by atoms with E-state index in [2.05, 4.69) is 20.4 Å². The topological polar surface area (TPSA) is 147 Å². The first kappa shape index (κ1) is 22.6. The summed E-state index contributed by atoms with van der Waals surface area (Å²) in [5.74, 6) is -0.0710. The van der Waals surface area contributed by atoms with Crippen molar-refractivity contribution >= 4 is 22.6 Å². The second-order valence-corrected chi connectivity index (χ2v) is 7.25. The minimum absolute atomic E-state index is 0.0471. The number of ether oxygens (including phenoxy) is 1. The van der Waals surface area contributed by atoms with E-state index in [1.54, 1.807) is 30.5 Å². The Morgan fingerprint density at radius 3 is 2.88 bits per heavy atom. The molecule has 1 N–H and O–H groups in total. The SMILES string of the molecule is CCOc1ncccc1C(=O)NCCn1ncc2c(=O)n(Cc3cccc([N+](=O)[O-])c3)cnc21. The second-order valence-electron chi connectivity index (χ2n) is 7.25. The molecule has 12 heteroatoms. The number of nitro benzene ring substituents is 1. The number of carbonyl (C=O) groups is 1. The van der Waals surface area contributed by atoms with Gasteiger partial charge in [-0.15, -0.1) is 0 Å². The molecular weight excluding hydrogens is 442 g/mol. The van der Waals surface area contributed by atoms with Crippen LogP contribution in [0, 0.1) is 10.1 Å². The molecule has 12 nitrogen and oxygen atoms in total. The van der Waals surface area contributed by atoms with Gasteiger partial charge in [0.1, 0.15) is 17.3 Å². The van der Waals surface area contributed by atoms with Crippen LogP contribution in [0.25, 0.3) is 11.0 Å². The molecule has 4 rings (SSSR count). The van der Waals surface area contributed by atoms with Crippen molar-refractivity contribution in [1.29, 1.82) is 0 Å². The van der Waals surface area contributed by atoms with Gasteiger partial charge in [-0.3, -0.25) is 24.3 Å². The number of pyridine rings is 1. The van der Waals surface area contributed by atoms with Crippen LogP contribution in [0.5, 0.6) is 5.88 Å². The van der Waals surface area contributed by atoms with Gasteiger partial charge < -0.3 is 10.1 Å². The molecule has 0 saturated heterocycles. The van der Waals surface area contributed by atoms with Gasteiger partial charge in [0.15, 0.2) is 5.65 Å². The van der Waals surface area contributed by atoms with Crippen LogP contribution in [0.1, 0.15) is 22.8 Å². The van der Waals surface area contributed by atoms with Gasteiger partial charge in [0.05, 0.1) is 30.8 Å². The van der Waals surface area contributed by atoms with Crippen molar-refractivity contribution in [3.8, 4) is 5.88 Å². The van der Waals surface area contributed by atoms with Gasteiger partial charge in [-0.2, -0.15) is 5.10 Å². The maximum atomic E-state index is 12.9. The zero-order chi connectivity index (χ0) is 24.1. The number of nitrogens with zero attached hydrogens (tertiary/aromatic N) is 6. The van der Waals surface area contributed by atoms with Gasteiger partial charge in [0.25, 0.3) is 17.2 Å². The van der Waals surface area contributed by atoms with E-state index in [1.165, 1.54) is 33.9 Å². The highest BCUT2D eigenvalue weighted by atomic mass is 16.6. The van der Waals surface area contributed by atoms with E-state index in [0.29, 0.717) is 35.3 Å². The fourth-order valence-corrected chi connectivity index (χ4v) is 3.42. The second kappa shape index (κ2) is 9.90. The van der Waals surface area contributed by atoms with Gasteiger partial charge in [0, 0.05) is 24.9 Å². The molecule has 34 heavy (non-hydrogen) atoms. The highest BCUT2D eigenvalue weighted by molar-refractivity contribution is 5.96. The molecule has 0 aliphatic carbocycles. The smallest absolute Gasteiger partial charge is 0.269 e. The Morgan fingerprint density at radius 2 is 2.09 bits per heavy atom. The van der Waals surface area contributed by atoms with Crippen LogP contribution in [-0.2, 0) is 13.1 Å². The largest absolute Gasteiger partial charge is 0.477 e. The standard InChI is InChI=1S/C22H21N7O5/c1-2-34-21-17(7-4-8-24-21)20(30)23-9-10-28-19-18(12-26-28)22(31)27(14-25-19)13-15-5-3-6-16(11-15)29(32)33/h3-8,11-12,14H,2,9-10,13H2,1H3,(H,23,30). The zero-order valence-corrected chi connectivity index (χ0v) is 18.2. The van der Waals surface area contributed by atoms with Crippen LogP contribution in [0.15, 0.2) is 59.9 Å². The third kappa shape index (κ3) is 4.75. The lowest BCUT2D eigenvalue weighted by Crippen LogP contribution is -2.28. The highest BCUT2D eigenvalue weighted by Gasteiger charge is 2.15. The van der Waals surface area contributed by atoms with E-state index in [9.17, 15) is 19.7 Å². The Kier molecular flexibility index (Phi) is 6.57. The first-order chi connectivity index (χ1) is 16.5. The summed E-state index contributed by atoms with van der Waals surface area (Å²) in [6, 6.07) is 9.36. The third-order valence-electron chi connectivity index (χ3n) is 5.00. The summed E-state index contributed by atoms with van der Waals surface area (Å²) in [5.41, 5.74) is 0.953. The van der Waals surface area contributed by atoms with Crippen molar-refractivity contribution in [3.05, 3.63) is 86.7 Å². The number of benzene rings is 1. The van der Waals surface area contributed by atoms with Gasteiger partial charge in [-0.05, 0) is 24.6 Å². The van der Waals surface area contributed by atoms with Crippen molar-refractivity contribution < 1.29 is 14.5 Å². The summed E-state index contributed by atoms with van der Waals surface area (Å²) in [5, 5.41) is 18.3. The van der Waals surface area contributed by atoms with E-state index in [1.807, 2.05) is 6.92 Å². The van der Waals surface area contributed by atoms with Crippen molar-refractivity contribution in [2.24, 2.45) is 0 Å². The average molecular weight is 463 g/mol. The number of carbonyl (C=O) groups excluding carboxylic acids is 1. The fourth-order valence-electron chi connectivity index (χ4n) is 3.42. The van der Waals surface area contributed by atoms with E-state index >= 15 is 0 Å². The Morgan fingerprint density at radius 1 is 1.24 bits per heavy atom. The molecule has 1 amide bonds. The fraction of sp³-hybridized carbons (Fsp3) is 0.227. The molecule has 4 aromatic rings. The number of hydrogen-bond donors (Lipinski definition) is 1. The van der Waals surface area contributed by atoms with E-state index in [0.717, 1.165) is 0 Å². The average Bonchev–Trinajstić information content (AvgIpc) is 3.25. The lowest BCUT2D eigenvalue weighted by Gasteiger charge is -2.10. The molecule has 3 aromatic heterocycles. The Hall–Kier alpha value is -4.61. The van der Waals surface area contributed by atoms with Crippen LogP contribution >= 0.6 is 0 Å². The molecule has 0 aliphatic rings. The molecule has 0 fully saturated rings. The van der Waals surface area contributed by atoms with Crippen LogP contribution in [0.3, 0.4) is 0 Å². The lowest BCUT2D eigenvalue weighted by atomic mass is 10.2. The van der Waals surface area contributed by atoms with Crippen molar-refractivity contribution in [2.75, 3.05) is 13.2 Å². The van der Waals surface area contributed by atoms with Crippen molar-refractivity contribution in [3.63, 3.8) is 0 Å². The molecular formula is C22H21N7O5. The number of amides is 1. The number of rotatable bonds is 9. The number of fused-ring (bicyclic) bond motifs is 1. The van der Waals surface area contributed by atoms with Crippen molar-refractivity contribution in [1.82, 2.24) is 29.6 Å². The molecule has 1 aromatic carbocycles. The first-order valence-electron chi connectivity index (χ1n) is 10.5. The summed E-state index contributed by atoms with van der Waals surface area (Å²) < 4.78 is 8.28. The molecule has 0 unspecified atom stereocenters. The molecule has 3 heterocycles. The van der Waals surface area contributed by atoms with E-state index in [-0.39, 0.29) is 36.1 Å². The van der Waals surface area contributed by atoms with Crippen LogP contribution in [-0.4, -0.2) is 48.3 Å². The maximum absolute atomic E-state index is 12.9. The van der Waals surface area contributed by atoms with Gasteiger partial charge >= 0.3 is 0 Å². The van der Waals surface area contributed by atoms with Crippen LogP contribution in [0.4, 0.5) is 5.69 Å². The molecule has 0 aliphatic heterocycles. The summed E-state index contributed by atoms with van der Waals surface area (Å²) in [6.45, 7) is 2.87. The van der Waals surface area contributed by atoms with Gasteiger partial charge in [-0.1, -0.05) is 12.1 Å². The number of aromatic nitrogens is 5. The summed E-state index contributed by atoms with van der Waals surface area (Å²) in [6.07, 6.45) is 4.35. The monoisotopic (exact) mass is 463 g/mol. The number of hydrogen-bond acceptors (Lipinski definition) is 8. The molecule has 0 saturated carbocycles. The molecule has 0 atom stereocenters. The predicted molar refractivity (Wildman–Crippen MR) is 122 cm³/mol.